The molecular weight excluding hydrogens is 325 g/mol. The topological polar surface area (TPSA) is 45.2 Å². The number of nitrogens with zero attached hydrogens (tertiary/aromatic N) is 2. The lowest BCUT2D eigenvalue weighted by atomic mass is 9.87. The van der Waals surface area contributed by atoms with Crippen molar-refractivity contribution in [3.63, 3.8) is 0 Å². The van der Waals surface area contributed by atoms with Gasteiger partial charge in [-0.05, 0) is 34.8 Å². The van der Waals surface area contributed by atoms with Crippen molar-refractivity contribution in [2.24, 2.45) is 0 Å². The maximum Gasteiger partial charge on any atom is 0.234 e. The highest BCUT2D eigenvalue weighted by Gasteiger charge is 2.36. The smallest absolute Gasteiger partial charge is 0.234 e. The largest absolute Gasteiger partial charge is 0.351 e. The summed E-state index contributed by atoms with van der Waals surface area (Å²) in [4.78, 5) is 17.6. The molecule has 1 aromatic rings. The molecule has 1 aliphatic carbocycles. The fourth-order valence-electron chi connectivity index (χ4n) is 3.24. The second-order valence-electron chi connectivity index (χ2n) is 5.53. The molecule has 2 aliphatic rings. The third kappa shape index (κ3) is 2.86. The van der Waals surface area contributed by atoms with Crippen molar-refractivity contribution in [3.8, 4) is 0 Å². The van der Waals surface area contributed by atoms with E-state index >= 15 is 0 Å². The van der Waals surface area contributed by atoms with E-state index in [0.29, 0.717) is 24.7 Å². The quantitative estimate of drug-likeness (QED) is 0.839. The van der Waals surface area contributed by atoms with Gasteiger partial charge in [-0.15, -0.1) is 0 Å². The van der Waals surface area contributed by atoms with Crippen LogP contribution in [0, 0.1) is 5.95 Å². The normalized spacial score (nSPS) is 27.0. The second kappa shape index (κ2) is 5.77. The summed E-state index contributed by atoms with van der Waals surface area (Å²) in [6, 6.07) is 2.28. The van der Waals surface area contributed by atoms with Crippen molar-refractivity contribution < 1.29 is 9.18 Å². The van der Waals surface area contributed by atoms with Crippen molar-refractivity contribution in [3.05, 3.63) is 28.2 Å². The zero-order chi connectivity index (χ0) is 14.1. The van der Waals surface area contributed by atoms with Gasteiger partial charge in [-0.25, -0.2) is 4.98 Å². The highest BCUT2D eigenvalue weighted by Crippen LogP contribution is 2.27. The van der Waals surface area contributed by atoms with Crippen LogP contribution >= 0.6 is 15.9 Å². The van der Waals surface area contributed by atoms with Crippen molar-refractivity contribution in [2.45, 2.75) is 44.3 Å². The molecule has 3 rings (SSSR count). The lowest BCUT2D eigenvalue weighted by Crippen LogP contribution is -2.61. The number of fused-ring (bicyclic) bond motifs is 1. The number of rotatable bonds is 2. The standard InChI is InChI=1S/C14H17BrFN3O/c15-10-5-9(14(16)17-6-10)7-19-8-13(20)18-11-3-1-2-4-12(11)19/h5-6,11-12H,1-4,7-8H2,(H,18,20). The molecule has 0 radical (unpaired) electrons. The summed E-state index contributed by atoms with van der Waals surface area (Å²) in [5.74, 6) is -0.414. The SMILES string of the molecule is O=C1CN(Cc2cc(Br)cnc2F)C2CCCCC2N1. The maximum atomic E-state index is 13.8. The van der Waals surface area contributed by atoms with E-state index in [4.69, 9.17) is 0 Å². The van der Waals surface area contributed by atoms with Crippen LogP contribution in [0.15, 0.2) is 16.7 Å². The molecule has 2 atom stereocenters. The first-order valence-corrected chi connectivity index (χ1v) is 7.76. The number of carbonyl (C=O) groups excluding carboxylic acids is 1. The van der Waals surface area contributed by atoms with Crippen molar-refractivity contribution in [2.75, 3.05) is 6.54 Å². The van der Waals surface area contributed by atoms with Crippen molar-refractivity contribution in [1.82, 2.24) is 15.2 Å². The zero-order valence-corrected chi connectivity index (χ0v) is 12.7. The Balaban J connectivity index is 1.80. The molecule has 1 aliphatic heterocycles. The van der Waals surface area contributed by atoms with Gasteiger partial charge in [0, 0.05) is 34.9 Å². The van der Waals surface area contributed by atoms with Gasteiger partial charge in [0.05, 0.1) is 6.54 Å². The van der Waals surface area contributed by atoms with E-state index in [9.17, 15) is 9.18 Å². The number of carbonyl (C=O) groups is 1. The molecule has 1 N–H and O–H groups in total. The van der Waals surface area contributed by atoms with Gasteiger partial charge in [-0.3, -0.25) is 9.69 Å². The Morgan fingerprint density at radius 3 is 3.10 bits per heavy atom. The average molecular weight is 342 g/mol. The minimum atomic E-state index is -0.452. The number of pyridine rings is 1. The fourth-order valence-corrected chi connectivity index (χ4v) is 3.62. The van der Waals surface area contributed by atoms with Gasteiger partial charge < -0.3 is 5.32 Å². The van der Waals surface area contributed by atoms with E-state index in [2.05, 4.69) is 31.1 Å². The first kappa shape index (κ1) is 13.9. The van der Waals surface area contributed by atoms with Crippen LogP contribution in [0.2, 0.25) is 0 Å². The van der Waals surface area contributed by atoms with Gasteiger partial charge >= 0.3 is 0 Å². The van der Waals surface area contributed by atoms with Gasteiger partial charge in [-0.1, -0.05) is 12.8 Å². The Labute approximate surface area is 125 Å². The lowest BCUT2D eigenvalue weighted by Gasteiger charge is -2.44. The predicted octanol–water partition coefficient (Wildman–Crippen LogP) is 2.23. The van der Waals surface area contributed by atoms with Gasteiger partial charge in [0.1, 0.15) is 0 Å². The molecule has 1 amide bonds. The predicted molar refractivity (Wildman–Crippen MR) is 76.5 cm³/mol. The number of nitrogens with one attached hydrogen (secondary N) is 1. The van der Waals surface area contributed by atoms with Gasteiger partial charge in [-0.2, -0.15) is 4.39 Å². The Bertz CT molecular complexity index is 525. The zero-order valence-electron chi connectivity index (χ0n) is 11.1. The van der Waals surface area contributed by atoms with Gasteiger partial charge in [0.25, 0.3) is 0 Å². The third-order valence-corrected chi connectivity index (χ3v) is 4.58. The molecule has 0 bridgehead atoms. The summed E-state index contributed by atoms with van der Waals surface area (Å²) in [5.41, 5.74) is 0.540. The minimum absolute atomic E-state index is 0.0384. The highest BCUT2D eigenvalue weighted by atomic mass is 79.9. The van der Waals surface area contributed by atoms with E-state index in [-0.39, 0.29) is 11.9 Å². The second-order valence-corrected chi connectivity index (χ2v) is 6.45. The van der Waals surface area contributed by atoms with Crippen LogP contribution in [-0.4, -0.2) is 34.4 Å². The van der Waals surface area contributed by atoms with E-state index in [1.807, 2.05) is 0 Å². The summed E-state index contributed by atoms with van der Waals surface area (Å²) in [5, 5.41) is 3.06. The molecule has 6 heteroatoms. The van der Waals surface area contributed by atoms with Crippen LogP contribution in [-0.2, 0) is 11.3 Å². The maximum absolute atomic E-state index is 13.8. The van der Waals surface area contributed by atoms with Crippen LogP contribution in [0.25, 0.3) is 0 Å². The molecule has 1 saturated carbocycles. The average Bonchev–Trinajstić information content (AvgIpc) is 2.43. The Morgan fingerprint density at radius 1 is 1.45 bits per heavy atom. The Morgan fingerprint density at radius 2 is 2.25 bits per heavy atom. The Kier molecular flexibility index (Phi) is 4.03. The van der Waals surface area contributed by atoms with Gasteiger partial charge in [0.15, 0.2) is 0 Å². The molecule has 108 valence electrons. The number of piperazine rings is 1. The third-order valence-electron chi connectivity index (χ3n) is 4.14. The number of hydrogen-bond acceptors (Lipinski definition) is 3. The number of amides is 1. The lowest BCUT2D eigenvalue weighted by molar-refractivity contribution is -0.128. The monoisotopic (exact) mass is 341 g/mol. The molecule has 4 nitrogen and oxygen atoms in total. The van der Waals surface area contributed by atoms with E-state index in [1.165, 1.54) is 12.6 Å². The summed E-state index contributed by atoms with van der Waals surface area (Å²) in [7, 11) is 0. The van der Waals surface area contributed by atoms with Crippen molar-refractivity contribution >= 4 is 21.8 Å². The van der Waals surface area contributed by atoms with E-state index in [0.717, 1.165) is 23.7 Å². The van der Waals surface area contributed by atoms with Crippen LogP contribution < -0.4 is 5.32 Å². The van der Waals surface area contributed by atoms with Crippen LogP contribution in [0.1, 0.15) is 31.2 Å². The summed E-state index contributed by atoms with van der Waals surface area (Å²) >= 11 is 3.31. The van der Waals surface area contributed by atoms with E-state index in [1.54, 1.807) is 6.07 Å². The number of aromatic nitrogens is 1. The summed E-state index contributed by atoms with van der Waals surface area (Å²) < 4.78 is 14.5. The molecule has 2 unspecified atom stereocenters. The molecule has 0 aromatic carbocycles. The summed E-state index contributed by atoms with van der Waals surface area (Å²) in [6.07, 6.45) is 5.86. The Hall–Kier alpha value is -1.01. The molecule has 20 heavy (non-hydrogen) atoms. The molecule has 1 saturated heterocycles. The first-order valence-electron chi connectivity index (χ1n) is 6.97. The molecule has 2 fully saturated rings. The number of halogens is 2. The van der Waals surface area contributed by atoms with Crippen LogP contribution in [0.3, 0.4) is 0 Å². The molecular formula is C14H17BrFN3O. The van der Waals surface area contributed by atoms with E-state index < -0.39 is 5.95 Å². The molecule has 1 aromatic heterocycles. The van der Waals surface area contributed by atoms with Crippen LogP contribution in [0.4, 0.5) is 4.39 Å². The summed E-state index contributed by atoms with van der Waals surface area (Å²) in [6.45, 7) is 0.778. The number of hydrogen-bond donors (Lipinski definition) is 1. The van der Waals surface area contributed by atoms with Crippen LogP contribution in [0.5, 0.6) is 0 Å². The molecule has 0 spiro atoms. The minimum Gasteiger partial charge on any atom is -0.351 e. The van der Waals surface area contributed by atoms with Crippen molar-refractivity contribution in [1.29, 1.82) is 0 Å². The first-order chi connectivity index (χ1) is 9.63. The van der Waals surface area contributed by atoms with Gasteiger partial charge in [0.2, 0.25) is 11.9 Å². The highest BCUT2D eigenvalue weighted by molar-refractivity contribution is 9.10. The molecule has 2 heterocycles. The fraction of sp³-hybridized carbons (Fsp3) is 0.571.